The van der Waals surface area contributed by atoms with Gasteiger partial charge in [0.25, 0.3) is 0 Å². The molecule has 3 aromatic rings. The summed E-state index contributed by atoms with van der Waals surface area (Å²) in [6.45, 7) is 0.795. The van der Waals surface area contributed by atoms with Crippen LogP contribution < -0.4 is 5.73 Å². The summed E-state index contributed by atoms with van der Waals surface area (Å²) in [6, 6.07) is 9.37. The van der Waals surface area contributed by atoms with Crippen molar-refractivity contribution < 1.29 is 8.42 Å². The van der Waals surface area contributed by atoms with E-state index < -0.39 is 9.84 Å². The third kappa shape index (κ3) is 2.95. The number of sulfone groups is 1. The van der Waals surface area contributed by atoms with E-state index in [9.17, 15) is 8.42 Å². The second-order valence-corrected chi connectivity index (χ2v) is 7.68. The van der Waals surface area contributed by atoms with Gasteiger partial charge in [-0.05, 0) is 30.3 Å². The van der Waals surface area contributed by atoms with E-state index in [4.69, 9.17) is 28.9 Å². The summed E-state index contributed by atoms with van der Waals surface area (Å²) in [5.41, 5.74) is 6.08. The molecule has 0 atom stereocenters. The number of benzene rings is 1. The van der Waals surface area contributed by atoms with E-state index in [1.165, 1.54) is 18.3 Å². The number of halogens is 2. The highest BCUT2D eigenvalue weighted by Gasteiger charge is 2.24. The van der Waals surface area contributed by atoms with E-state index in [1.807, 2.05) is 0 Å². The maximum Gasteiger partial charge on any atom is 0.208 e. The van der Waals surface area contributed by atoms with Crippen LogP contribution in [0.1, 0.15) is 0 Å². The van der Waals surface area contributed by atoms with Crippen LogP contribution in [0.25, 0.3) is 11.0 Å². The average molecular weight is 370 g/mol. The average Bonchev–Trinajstić information content (AvgIpc) is 2.86. The van der Waals surface area contributed by atoms with Crippen LogP contribution in [0, 0.1) is 0 Å². The molecular weight excluding hydrogens is 357 g/mol. The number of hydrogen-bond acceptors (Lipinski definition) is 4. The fourth-order valence-electron chi connectivity index (χ4n) is 2.39. The lowest BCUT2D eigenvalue weighted by molar-refractivity contribution is 0.596. The Hall–Kier alpha value is -1.60. The number of rotatable bonds is 4. The molecule has 0 aliphatic heterocycles. The van der Waals surface area contributed by atoms with E-state index in [1.54, 1.807) is 28.8 Å². The molecule has 3 rings (SSSR count). The minimum atomic E-state index is -3.73. The van der Waals surface area contributed by atoms with Crippen molar-refractivity contribution in [2.45, 2.75) is 16.3 Å². The van der Waals surface area contributed by atoms with E-state index in [2.05, 4.69) is 4.98 Å². The van der Waals surface area contributed by atoms with Crippen LogP contribution in [0.3, 0.4) is 0 Å². The first-order valence-corrected chi connectivity index (χ1v) is 9.03. The summed E-state index contributed by atoms with van der Waals surface area (Å²) in [5, 5.41) is 1.15. The molecule has 0 amide bonds. The first-order chi connectivity index (χ1) is 10.9. The fraction of sp³-hybridized carbons (Fsp3) is 0.133. The number of hydrogen-bond donors (Lipinski definition) is 1. The first-order valence-electron chi connectivity index (χ1n) is 6.79. The lowest BCUT2D eigenvalue weighted by Crippen LogP contribution is -2.09. The Bertz CT molecular complexity index is 984. The fourth-order valence-corrected chi connectivity index (χ4v) is 4.30. The van der Waals surface area contributed by atoms with E-state index >= 15 is 0 Å². The van der Waals surface area contributed by atoms with Crippen LogP contribution in [0.5, 0.6) is 0 Å². The lowest BCUT2D eigenvalue weighted by Gasteiger charge is -2.03. The Morgan fingerprint density at radius 1 is 1.17 bits per heavy atom. The predicted octanol–water partition coefficient (Wildman–Crippen LogP) is 3.13. The number of aromatic nitrogens is 2. The van der Waals surface area contributed by atoms with Crippen molar-refractivity contribution in [3.63, 3.8) is 0 Å². The van der Waals surface area contributed by atoms with Crippen LogP contribution in [0.2, 0.25) is 10.2 Å². The molecule has 0 aliphatic carbocycles. The van der Waals surface area contributed by atoms with Crippen molar-refractivity contribution in [2.75, 3.05) is 6.54 Å². The van der Waals surface area contributed by atoms with Gasteiger partial charge in [0.15, 0.2) is 0 Å². The molecule has 1 aromatic carbocycles. The summed E-state index contributed by atoms with van der Waals surface area (Å²) in [5.74, 6) is 0. The van der Waals surface area contributed by atoms with Crippen molar-refractivity contribution in [2.24, 2.45) is 5.73 Å². The zero-order valence-electron chi connectivity index (χ0n) is 11.9. The molecule has 120 valence electrons. The second-order valence-electron chi connectivity index (χ2n) is 4.94. The van der Waals surface area contributed by atoms with E-state index in [0.29, 0.717) is 34.3 Å². The standard InChI is InChI=1S/C15H13Cl2N3O2S/c16-10-2-1-3-11(8-10)23(21,22)13-9-20(7-6-18)15-12(13)4-5-14(17)19-15/h1-5,8-9H,6-7,18H2. The molecule has 0 saturated carbocycles. The highest BCUT2D eigenvalue weighted by molar-refractivity contribution is 7.91. The largest absolute Gasteiger partial charge is 0.330 e. The van der Waals surface area contributed by atoms with Gasteiger partial charge in [0.05, 0.1) is 9.79 Å². The molecule has 0 spiro atoms. The number of pyridine rings is 1. The summed E-state index contributed by atoms with van der Waals surface area (Å²) in [6.07, 6.45) is 1.54. The Morgan fingerprint density at radius 2 is 1.96 bits per heavy atom. The minimum Gasteiger partial charge on any atom is -0.330 e. The quantitative estimate of drug-likeness (QED) is 0.716. The topological polar surface area (TPSA) is 78.0 Å². The van der Waals surface area contributed by atoms with Crippen LogP contribution in [-0.4, -0.2) is 24.5 Å². The molecule has 0 radical (unpaired) electrons. The van der Waals surface area contributed by atoms with E-state index in [-0.39, 0.29) is 9.79 Å². The van der Waals surface area contributed by atoms with Gasteiger partial charge in [0.2, 0.25) is 9.84 Å². The zero-order chi connectivity index (χ0) is 16.6. The highest BCUT2D eigenvalue weighted by Crippen LogP contribution is 2.31. The summed E-state index contributed by atoms with van der Waals surface area (Å²) in [4.78, 5) is 4.51. The third-order valence-corrected chi connectivity index (χ3v) is 5.64. The van der Waals surface area contributed by atoms with Gasteiger partial charge in [-0.15, -0.1) is 0 Å². The molecule has 2 N–H and O–H groups in total. The molecule has 8 heteroatoms. The summed E-state index contributed by atoms with van der Waals surface area (Å²) >= 11 is 11.8. The summed E-state index contributed by atoms with van der Waals surface area (Å²) in [7, 11) is -3.73. The Balaban J connectivity index is 2.27. The number of nitrogens with two attached hydrogens (primary N) is 1. The van der Waals surface area contributed by atoms with Crippen LogP contribution >= 0.6 is 23.2 Å². The number of nitrogens with zero attached hydrogens (tertiary/aromatic N) is 2. The maximum absolute atomic E-state index is 12.9. The van der Waals surface area contributed by atoms with Gasteiger partial charge >= 0.3 is 0 Å². The van der Waals surface area contributed by atoms with Crippen molar-refractivity contribution in [3.05, 3.63) is 52.8 Å². The van der Waals surface area contributed by atoms with Crippen molar-refractivity contribution in [1.29, 1.82) is 0 Å². The maximum atomic E-state index is 12.9. The van der Waals surface area contributed by atoms with Gasteiger partial charge < -0.3 is 10.3 Å². The number of fused-ring (bicyclic) bond motifs is 1. The monoisotopic (exact) mass is 369 g/mol. The van der Waals surface area contributed by atoms with Gasteiger partial charge in [0.1, 0.15) is 10.8 Å². The minimum absolute atomic E-state index is 0.131. The third-order valence-electron chi connectivity index (χ3n) is 3.42. The smallest absolute Gasteiger partial charge is 0.208 e. The molecule has 0 aliphatic rings. The molecule has 0 fully saturated rings. The van der Waals surface area contributed by atoms with Crippen LogP contribution in [0.15, 0.2) is 52.4 Å². The normalized spacial score (nSPS) is 12.0. The van der Waals surface area contributed by atoms with Crippen LogP contribution in [-0.2, 0) is 16.4 Å². The molecule has 0 bridgehead atoms. The van der Waals surface area contributed by atoms with Gasteiger partial charge in [-0.25, -0.2) is 13.4 Å². The van der Waals surface area contributed by atoms with Gasteiger partial charge in [-0.1, -0.05) is 29.3 Å². The Labute approximate surface area is 143 Å². The molecule has 23 heavy (non-hydrogen) atoms. The first kappa shape index (κ1) is 16.3. The molecule has 0 unspecified atom stereocenters. The lowest BCUT2D eigenvalue weighted by atomic mass is 10.3. The SMILES string of the molecule is NCCn1cc(S(=O)(=O)c2cccc(Cl)c2)c2ccc(Cl)nc21. The van der Waals surface area contributed by atoms with Gasteiger partial charge in [0, 0.05) is 29.7 Å². The van der Waals surface area contributed by atoms with Gasteiger partial charge in [-0.2, -0.15) is 0 Å². The predicted molar refractivity (Wildman–Crippen MR) is 90.7 cm³/mol. The molecule has 2 heterocycles. The Morgan fingerprint density at radius 3 is 2.65 bits per heavy atom. The molecular formula is C15H13Cl2N3O2S. The highest BCUT2D eigenvalue weighted by atomic mass is 35.5. The van der Waals surface area contributed by atoms with Crippen molar-refractivity contribution >= 4 is 44.1 Å². The van der Waals surface area contributed by atoms with Gasteiger partial charge in [-0.3, -0.25) is 0 Å². The van der Waals surface area contributed by atoms with E-state index in [0.717, 1.165) is 0 Å². The van der Waals surface area contributed by atoms with Crippen LogP contribution in [0.4, 0.5) is 0 Å². The molecule has 0 saturated heterocycles. The van der Waals surface area contributed by atoms with Crippen molar-refractivity contribution in [1.82, 2.24) is 9.55 Å². The second kappa shape index (κ2) is 6.13. The summed E-state index contributed by atoms with van der Waals surface area (Å²) < 4.78 is 27.6. The Kier molecular flexibility index (Phi) is 4.33. The van der Waals surface area contributed by atoms with Crippen molar-refractivity contribution in [3.8, 4) is 0 Å². The molecule has 2 aromatic heterocycles. The zero-order valence-corrected chi connectivity index (χ0v) is 14.2. The molecule has 5 nitrogen and oxygen atoms in total.